The second-order valence-electron chi connectivity index (χ2n) is 6.53. The molecule has 2 aliphatic rings. The van der Waals surface area contributed by atoms with E-state index in [0.717, 1.165) is 29.5 Å². The maximum absolute atomic E-state index is 13.2. The van der Waals surface area contributed by atoms with Gasteiger partial charge in [-0.3, -0.25) is 0 Å². The third-order valence-electron chi connectivity index (χ3n) is 5.17. The molecule has 22 heavy (non-hydrogen) atoms. The Hall–Kier alpha value is -0.280. The average molecular weight is 425 g/mol. The fourth-order valence-corrected chi connectivity index (χ4v) is 4.13. The molecular weight excluding hydrogens is 403 g/mol. The second-order valence-corrected chi connectivity index (χ2v) is 7.64. The first-order valence-electron chi connectivity index (χ1n) is 7.89. The number of aromatic nitrogens is 2. The van der Waals surface area contributed by atoms with Crippen LogP contribution in [0, 0.1) is 3.70 Å². The van der Waals surface area contributed by atoms with Crippen LogP contribution in [0.25, 0.3) is 0 Å². The van der Waals surface area contributed by atoms with E-state index < -0.39 is 5.92 Å². The van der Waals surface area contributed by atoms with Crippen molar-refractivity contribution in [3.63, 3.8) is 0 Å². The van der Waals surface area contributed by atoms with Gasteiger partial charge < -0.3 is 14.6 Å². The number of halogens is 3. The highest BCUT2D eigenvalue weighted by molar-refractivity contribution is 14.1. The Labute approximate surface area is 143 Å². The molecule has 0 bridgehead atoms. The zero-order chi connectivity index (χ0) is 15.8. The molecule has 0 spiro atoms. The van der Waals surface area contributed by atoms with Crippen LogP contribution >= 0.6 is 22.6 Å². The van der Waals surface area contributed by atoms with E-state index in [9.17, 15) is 13.9 Å². The van der Waals surface area contributed by atoms with Crippen molar-refractivity contribution < 1.29 is 13.9 Å². The number of hydrogen-bond acceptors (Lipinski definition) is 3. The number of hydrogen-bond donors (Lipinski definition) is 1. The molecule has 0 radical (unpaired) electrons. The molecule has 1 saturated carbocycles. The van der Waals surface area contributed by atoms with Crippen LogP contribution in [0.5, 0.6) is 0 Å². The van der Waals surface area contributed by atoms with Gasteiger partial charge in [0.15, 0.2) is 0 Å². The number of alkyl halides is 2. The van der Waals surface area contributed by atoms with Gasteiger partial charge >= 0.3 is 0 Å². The molecule has 2 fully saturated rings. The number of aliphatic hydroxyl groups excluding tert-OH is 1. The Balaban J connectivity index is 1.64. The molecule has 2 heterocycles. The summed E-state index contributed by atoms with van der Waals surface area (Å²) < 4.78 is 29.5. The smallest absolute Gasteiger partial charge is 0.250 e. The van der Waals surface area contributed by atoms with Crippen molar-refractivity contribution >= 4 is 22.6 Å². The van der Waals surface area contributed by atoms with Gasteiger partial charge in [-0.15, -0.1) is 0 Å². The quantitative estimate of drug-likeness (QED) is 0.738. The SMILES string of the molecule is OCc1nc(I)cn1C1(CCN2CCC(F)(F)CC2)CCC1. The van der Waals surface area contributed by atoms with Gasteiger partial charge in [-0.25, -0.2) is 13.8 Å². The first kappa shape index (κ1) is 16.6. The minimum Gasteiger partial charge on any atom is -0.388 e. The van der Waals surface area contributed by atoms with Crippen molar-refractivity contribution in [2.24, 2.45) is 0 Å². The van der Waals surface area contributed by atoms with E-state index in [4.69, 9.17) is 0 Å². The molecule has 1 N–H and O–H groups in total. The molecule has 4 nitrogen and oxygen atoms in total. The fraction of sp³-hybridized carbons (Fsp3) is 0.800. The van der Waals surface area contributed by atoms with Crippen molar-refractivity contribution in [2.45, 2.75) is 56.6 Å². The van der Waals surface area contributed by atoms with E-state index >= 15 is 0 Å². The summed E-state index contributed by atoms with van der Waals surface area (Å²) in [6.45, 7) is 1.76. The van der Waals surface area contributed by atoms with Gasteiger partial charge in [0.2, 0.25) is 0 Å². The van der Waals surface area contributed by atoms with Gasteiger partial charge in [0.1, 0.15) is 16.1 Å². The van der Waals surface area contributed by atoms with Gasteiger partial charge in [-0.1, -0.05) is 0 Å². The molecule has 7 heteroatoms. The maximum Gasteiger partial charge on any atom is 0.250 e. The van der Waals surface area contributed by atoms with E-state index in [-0.39, 0.29) is 25.0 Å². The third-order valence-corrected chi connectivity index (χ3v) is 5.69. The van der Waals surface area contributed by atoms with Crippen LogP contribution in [0.2, 0.25) is 0 Å². The Bertz CT molecular complexity index is 521. The number of aliphatic hydroxyl groups is 1. The van der Waals surface area contributed by atoms with E-state index in [0.29, 0.717) is 18.9 Å². The van der Waals surface area contributed by atoms with Crippen LogP contribution in [-0.4, -0.2) is 45.1 Å². The minimum atomic E-state index is -2.48. The number of nitrogens with zero attached hydrogens (tertiary/aromatic N) is 3. The molecular formula is C15H22F2IN3O. The monoisotopic (exact) mass is 425 g/mol. The first-order valence-corrected chi connectivity index (χ1v) is 8.97. The van der Waals surface area contributed by atoms with E-state index in [1.807, 2.05) is 6.20 Å². The second kappa shape index (κ2) is 6.32. The predicted octanol–water partition coefficient (Wildman–Crippen LogP) is 2.98. The average Bonchev–Trinajstić information content (AvgIpc) is 2.81. The molecule has 0 amide bonds. The van der Waals surface area contributed by atoms with Gasteiger partial charge in [0.25, 0.3) is 5.92 Å². The summed E-state index contributed by atoms with van der Waals surface area (Å²) in [5, 5.41) is 9.51. The Kier molecular flexibility index (Phi) is 4.76. The lowest BCUT2D eigenvalue weighted by molar-refractivity contribution is -0.0577. The zero-order valence-electron chi connectivity index (χ0n) is 12.6. The van der Waals surface area contributed by atoms with Crippen LogP contribution < -0.4 is 0 Å². The summed E-state index contributed by atoms with van der Waals surface area (Å²) in [6, 6.07) is 0. The van der Waals surface area contributed by atoms with Crippen LogP contribution in [0.15, 0.2) is 6.20 Å². The number of piperidine rings is 1. The molecule has 124 valence electrons. The summed E-state index contributed by atoms with van der Waals surface area (Å²) in [6.07, 6.45) is 6.24. The van der Waals surface area contributed by atoms with Crippen LogP contribution in [0.1, 0.15) is 44.3 Å². The highest BCUT2D eigenvalue weighted by Crippen LogP contribution is 2.43. The normalized spacial score (nSPS) is 24.2. The van der Waals surface area contributed by atoms with Gasteiger partial charge in [-0.05, 0) is 48.3 Å². The fourth-order valence-electron chi connectivity index (χ4n) is 3.58. The molecule has 0 unspecified atom stereocenters. The Morgan fingerprint density at radius 3 is 2.45 bits per heavy atom. The Morgan fingerprint density at radius 1 is 1.23 bits per heavy atom. The van der Waals surface area contributed by atoms with Gasteiger partial charge in [-0.2, -0.15) is 0 Å². The summed E-state index contributed by atoms with van der Waals surface area (Å²) in [7, 11) is 0. The number of likely N-dealkylation sites (tertiary alicyclic amines) is 1. The standard InChI is InChI=1S/C15H22F2IN3O/c16-15(17)5-8-20(9-6-15)7-4-14(2-1-3-14)21-10-12(18)19-13(21)11-22/h10,22H,1-9,11H2. The van der Waals surface area contributed by atoms with Crippen molar-refractivity contribution in [3.8, 4) is 0 Å². The molecule has 0 atom stereocenters. The lowest BCUT2D eigenvalue weighted by Crippen LogP contribution is -2.46. The topological polar surface area (TPSA) is 41.3 Å². The summed E-state index contributed by atoms with van der Waals surface area (Å²) in [4.78, 5) is 6.53. The van der Waals surface area contributed by atoms with Crippen molar-refractivity contribution in [3.05, 3.63) is 15.7 Å². The molecule has 3 rings (SSSR count). The molecule has 1 aromatic heterocycles. The molecule has 1 aliphatic heterocycles. The van der Waals surface area contributed by atoms with Gasteiger partial charge in [0, 0.05) is 44.2 Å². The summed E-state index contributed by atoms with van der Waals surface area (Å²) >= 11 is 2.17. The van der Waals surface area contributed by atoms with Crippen LogP contribution in [0.4, 0.5) is 8.78 Å². The van der Waals surface area contributed by atoms with E-state index in [1.54, 1.807) is 0 Å². The predicted molar refractivity (Wildman–Crippen MR) is 87.9 cm³/mol. The molecule has 1 aromatic rings. The number of imidazole rings is 1. The van der Waals surface area contributed by atoms with Crippen molar-refractivity contribution in [1.82, 2.24) is 14.5 Å². The lowest BCUT2D eigenvalue weighted by Gasteiger charge is -2.45. The summed E-state index contributed by atoms with van der Waals surface area (Å²) in [5.41, 5.74) is 0.0223. The largest absolute Gasteiger partial charge is 0.388 e. The van der Waals surface area contributed by atoms with Crippen LogP contribution in [-0.2, 0) is 12.1 Å². The summed E-state index contributed by atoms with van der Waals surface area (Å²) in [5.74, 6) is -1.76. The Morgan fingerprint density at radius 2 is 1.91 bits per heavy atom. The maximum atomic E-state index is 13.2. The molecule has 0 aromatic carbocycles. The lowest BCUT2D eigenvalue weighted by atomic mass is 9.73. The van der Waals surface area contributed by atoms with Crippen molar-refractivity contribution in [1.29, 1.82) is 0 Å². The highest BCUT2D eigenvalue weighted by Gasteiger charge is 2.41. The van der Waals surface area contributed by atoms with Crippen LogP contribution in [0.3, 0.4) is 0 Å². The highest BCUT2D eigenvalue weighted by atomic mass is 127. The third kappa shape index (κ3) is 3.31. The molecule has 1 aliphatic carbocycles. The molecule has 1 saturated heterocycles. The number of rotatable bonds is 5. The van der Waals surface area contributed by atoms with E-state index in [2.05, 4.69) is 37.0 Å². The first-order chi connectivity index (χ1) is 10.4. The van der Waals surface area contributed by atoms with Crippen molar-refractivity contribution in [2.75, 3.05) is 19.6 Å². The zero-order valence-corrected chi connectivity index (χ0v) is 14.7. The van der Waals surface area contributed by atoms with Gasteiger partial charge in [0.05, 0.1) is 0 Å². The minimum absolute atomic E-state index is 0.0223. The van der Waals surface area contributed by atoms with E-state index in [1.165, 1.54) is 6.42 Å².